The number of aromatic carboxylic acids is 1. The van der Waals surface area contributed by atoms with Crippen LogP contribution in [0.4, 0.5) is 0 Å². The Morgan fingerprint density at radius 3 is 2.89 bits per heavy atom. The summed E-state index contributed by atoms with van der Waals surface area (Å²) in [5.74, 6) is -1.01. The third-order valence-corrected chi connectivity index (χ3v) is 4.11. The van der Waals surface area contributed by atoms with Crippen LogP contribution < -0.4 is 0 Å². The molecule has 0 saturated carbocycles. The first-order valence-corrected chi connectivity index (χ1v) is 6.79. The molecule has 4 nitrogen and oxygen atoms in total. The van der Waals surface area contributed by atoms with Crippen LogP contribution in [0.3, 0.4) is 0 Å². The lowest BCUT2D eigenvalue weighted by atomic mass is 10.2. The van der Waals surface area contributed by atoms with Crippen LogP contribution >= 0.6 is 27.3 Å². The van der Waals surface area contributed by atoms with Crippen molar-refractivity contribution in [3.05, 3.63) is 46.0 Å². The molecule has 0 aliphatic heterocycles. The third-order valence-electron chi connectivity index (χ3n) is 2.58. The van der Waals surface area contributed by atoms with Crippen LogP contribution in [0.2, 0.25) is 0 Å². The Balaban J connectivity index is 2.24. The van der Waals surface area contributed by atoms with E-state index in [0.717, 1.165) is 15.7 Å². The third kappa shape index (κ3) is 1.74. The van der Waals surface area contributed by atoms with Gasteiger partial charge in [-0.3, -0.25) is 4.40 Å². The lowest BCUT2D eigenvalue weighted by Gasteiger charge is -2.02. The Morgan fingerprint density at radius 1 is 1.39 bits per heavy atom. The van der Waals surface area contributed by atoms with Crippen LogP contribution in [-0.2, 0) is 0 Å². The zero-order valence-electron chi connectivity index (χ0n) is 9.00. The molecule has 2 aromatic heterocycles. The molecule has 90 valence electrons. The molecule has 0 aliphatic rings. The highest BCUT2D eigenvalue weighted by Gasteiger charge is 2.14. The molecule has 3 aromatic rings. The average Bonchev–Trinajstić information content (AvgIpc) is 2.89. The largest absolute Gasteiger partial charge is 0.476 e. The molecule has 1 aromatic carbocycles. The van der Waals surface area contributed by atoms with Crippen molar-refractivity contribution >= 4 is 38.2 Å². The SMILES string of the molecule is O=C(O)c1cn2c(-c3ccccc3Br)csc2n1. The summed E-state index contributed by atoms with van der Waals surface area (Å²) < 4.78 is 2.77. The van der Waals surface area contributed by atoms with Gasteiger partial charge in [-0.1, -0.05) is 34.1 Å². The molecule has 0 fully saturated rings. The van der Waals surface area contributed by atoms with E-state index in [-0.39, 0.29) is 5.69 Å². The fourth-order valence-corrected chi connectivity index (χ4v) is 3.11. The van der Waals surface area contributed by atoms with Crippen molar-refractivity contribution in [1.82, 2.24) is 9.38 Å². The van der Waals surface area contributed by atoms with E-state index < -0.39 is 5.97 Å². The molecule has 0 amide bonds. The first kappa shape index (κ1) is 11.4. The maximum absolute atomic E-state index is 10.9. The van der Waals surface area contributed by atoms with Gasteiger partial charge in [0, 0.05) is 21.6 Å². The highest BCUT2D eigenvalue weighted by molar-refractivity contribution is 9.10. The minimum Gasteiger partial charge on any atom is -0.476 e. The van der Waals surface area contributed by atoms with E-state index in [4.69, 9.17) is 5.11 Å². The molecular weight excluding hydrogens is 316 g/mol. The number of fused-ring (bicyclic) bond motifs is 1. The lowest BCUT2D eigenvalue weighted by molar-refractivity contribution is 0.0691. The van der Waals surface area contributed by atoms with Gasteiger partial charge in [0.15, 0.2) is 10.7 Å². The van der Waals surface area contributed by atoms with Crippen LogP contribution in [0.5, 0.6) is 0 Å². The van der Waals surface area contributed by atoms with Gasteiger partial charge in [-0.15, -0.1) is 11.3 Å². The van der Waals surface area contributed by atoms with Crippen molar-refractivity contribution in [1.29, 1.82) is 0 Å². The van der Waals surface area contributed by atoms with Gasteiger partial charge >= 0.3 is 5.97 Å². The first-order chi connectivity index (χ1) is 8.66. The molecule has 0 radical (unpaired) electrons. The number of carboxylic acids is 1. The number of carbonyl (C=O) groups is 1. The summed E-state index contributed by atoms with van der Waals surface area (Å²) in [4.78, 5) is 15.6. The number of benzene rings is 1. The second-order valence-corrected chi connectivity index (χ2v) is 5.38. The molecule has 0 aliphatic carbocycles. The van der Waals surface area contributed by atoms with E-state index in [1.807, 2.05) is 29.6 Å². The van der Waals surface area contributed by atoms with Crippen LogP contribution in [0, 0.1) is 0 Å². The predicted molar refractivity (Wildman–Crippen MR) is 73.2 cm³/mol. The summed E-state index contributed by atoms with van der Waals surface area (Å²) in [6.07, 6.45) is 1.54. The monoisotopic (exact) mass is 322 g/mol. The lowest BCUT2D eigenvalue weighted by Crippen LogP contribution is -1.95. The van der Waals surface area contributed by atoms with Gasteiger partial charge in [-0.05, 0) is 6.07 Å². The van der Waals surface area contributed by atoms with E-state index in [0.29, 0.717) is 4.96 Å². The fraction of sp³-hybridized carbons (Fsp3) is 0. The number of hydrogen-bond acceptors (Lipinski definition) is 3. The standard InChI is InChI=1S/C12H7BrN2O2S/c13-8-4-2-1-3-7(8)10-6-18-12-14-9(11(16)17)5-15(10)12/h1-6H,(H,16,17). The van der Waals surface area contributed by atoms with Crippen molar-refractivity contribution in [3.8, 4) is 11.3 Å². The van der Waals surface area contributed by atoms with E-state index in [9.17, 15) is 4.79 Å². The van der Waals surface area contributed by atoms with Crippen molar-refractivity contribution < 1.29 is 9.90 Å². The Morgan fingerprint density at radius 2 is 2.17 bits per heavy atom. The summed E-state index contributed by atoms with van der Waals surface area (Å²) in [6, 6.07) is 7.81. The van der Waals surface area contributed by atoms with Crippen molar-refractivity contribution in [3.63, 3.8) is 0 Å². The summed E-state index contributed by atoms with van der Waals surface area (Å²) in [6.45, 7) is 0. The van der Waals surface area contributed by atoms with Crippen molar-refractivity contribution in [2.24, 2.45) is 0 Å². The van der Waals surface area contributed by atoms with Crippen molar-refractivity contribution in [2.45, 2.75) is 0 Å². The van der Waals surface area contributed by atoms with Crippen LogP contribution in [-0.4, -0.2) is 20.5 Å². The van der Waals surface area contributed by atoms with Gasteiger partial charge in [0.1, 0.15) is 0 Å². The molecule has 18 heavy (non-hydrogen) atoms. The minimum atomic E-state index is -1.01. The zero-order chi connectivity index (χ0) is 12.7. The topological polar surface area (TPSA) is 54.6 Å². The second-order valence-electron chi connectivity index (χ2n) is 3.68. The van der Waals surface area contributed by atoms with Gasteiger partial charge in [0.25, 0.3) is 0 Å². The Labute approximate surface area is 115 Å². The maximum atomic E-state index is 10.9. The van der Waals surface area contributed by atoms with Gasteiger partial charge in [0.05, 0.1) is 5.69 Å². The second kappa shape index (κ2) is 4.22. The molecular formula is C12H7BrN2O2S. The minimum absolute atomic E-state index is 0.0650. The quantitative estimate of drug-likeness (QED) is 0.785. The normalized spacial score (nSPS) is 10.9. The molecule has 6 heteroatoms. The molecule has 0 bridgehead atoms. The number of imidazole rings is 1. The van der Waals surface area contributed by atoms with E-state index >= 15 is 0 Å². The first-order valence-electron chi connectivity index (χ1n) is 5.11. The number of halogens is 1. The van der Waals surface area contributed by atoms with Crippen LogP contribution in [0.25, 0.3) is 16.2 Å². The van der Waals surface area contributed by atoms with E-state index in [1.165, 1.54) is 11.3 Å². The zero-order valence-corrected chi connectivity index (χ0v) is 11.4. The van der Waals surface area contributed by atoms with Gasteiger partial charge in [-0.25, -0.2) is 9.78 Å². The predicted octanol–water partition coefficient (Wildman–Crippen LogP) is 3.52. The van der Waals surface area contributed by atoms with Crippen LogP contribution in [0.1, 0.15) is 10.5 Å². The van der Waals surface area contributed by atoms with Crippen LogP contribution in [0.15, 0.2) is 40.3 Å². The number of nitrogens with zero attached hydrogens (tertiary/aromatic N) is 2. The van der Waals surface area contributed by atoms with Gasteiger partial charge in [0.2, 0.25) is 0 Å². The molecule has 3 rings (SSSR count). The highest BCUT2D eigenvalue weighted by Crippen LogP contribution is 2.31. The average molecular weight is 323 g/mol. The highest BCUT2D eigenvalue weighted by atomic mass is 79.9. The number of carboxylic acid groups (broad SMARTS) is 1. The Bertz CT molecular complexity index is 747. The van der Waals surface area contributed by atoms with Gasteiger partial charge < -0.3 is 5.11 Å². The molecule has 1 N–H and O–H groups in total. The summed E-state index contributed by atoms with van der Waals surface area (Å²) in [5, 5.41) is 10.9. The Hall–Kier alpha value is -1.66. The number of thiazole rings is 1. The molecule has 0 saturated heterocycles. The number of rotatable bonds is 2. The smallest absolute Gasteiger partial charge is 0.356 e. The molecule has 2 heterocycles. The van der Waals surface area contributed by atoms with Gasteiger partial charge in [-0.2, -0.15) is 0 Å². The number of hydrogen-bond donors (Lipinski definition) is 1. The molecule has 0 spiro atoms. The molecule has 0 atom stereocenters. The summed E-state index contributed by atoms with van der Waals surface area (Å²) >= 11 is 4.92. The fourth-order valence-electron chi connectivity index (χ4n) is 1.75. The van der Waals surface area contributed by atoms with E-state index in [1.54, 1.807) is 10.6 Å². The molecule has 0 unspecified atom stereocenters. The number of aromatic nitrogens is 2. The Kier molecular flexibility index (Phi) is 2.68. The maximum Gasteiger partial charge on any atom is 0.356 e. The summed E-state index contributed by atoms with van der Waals surface area (Å²) in [7, 11) is 0. The van der Waals surface area contributed by atoms with Crippen molar-refractivity contribution in [2.75, 3.05) is 0 Å². The van der Waals surface area contributed by atoms with E-state index in [2.05, 4.69) is 20.9 Å². The summed E-state index contributed by atoms with van der Waals surface area (Å²) in [5.41, 5.74) is 2.01.